The molecule has 1 aliphatic heterocycles. The molecule has 3 N–H and O–H groups in total. The van der Waals surface area contributed by atoms with Gasteiger partial charge in [0.25, 0.3) is 5.91 Å². The van der Waals surface area contributed by atoms with Crippen molar-refractivity contribution in [1.29, 1.82) is 0 Å². The quantitative estimate of drug-likeness (QED) is 0.456. The van der Waals surface area contributed by atoms with Gasteiger partial charge in [0.2, 0.25) is 0 Å². The molecule has 0 bridgehead atoms. The predicted octanol–water partition coefficient (Wildman–Crippen LogP) is 3.28. The molecule has 0 unspecified atom stereocenters. The van der Waals surface area contributed by atoms with E-state index in [-0.39, 0.29) is 28.9 Å². The zero-order chi connectivity index (χ0) is 24.7. The Morgan fingerprint density at radius 3 is 2.89 bits per heavy atom. The lowest BCUT2D eigenvalue weighted by Crippen LogP contribution is -2.27. The standard InChI is InChI=1S/C25H26FN7O2/c1-14-11-19(23(33-10-8-15(27)12-33)16-13-32(2)31-22(14)16)30-25(34)18-7-9-28-24(29-18)21-17(26)5-4-6-20(21)35-3/h4-7,9,11,13,15H,8,10,12,27H2,1-3H3,(H,30,34)/t15-/m1/s1. The highest BCUT2D eigenvalue weighted by molar-refractivity contribution is 6.09. The number of halogens is 1. The van der Waals surface area contributed by atoms with Crippen LogP contribution in [0.15, 0.2) is 42.7 Å². The van der Waals surface area contributed by atoms with E-state index in [0.717, 1.165) is 35.1 Å². The monoisotopic (exact) mass is 475 g/mol. The van der Waals surface area contributed by atoms with Crippen LogP contribution in [0.25, 0.3) is 22.3 Å². The number of nitrogens with one attached hydrogen (secondary N) is 1. The van der Waals surface area contributed by atoms with Crippen LogP contribution in [-0.4, -0.2) is 51.9 Å². The molecular weight excluding hydrogens is 449 g/mol. The molecule has 1 aliphatic rings. The van der Waals surface area contributed by atoms with Gasteiger partial charge in [0, 0.05) is 44.0 Å². The van der Waals surface area contributed by atoms with E-state index in [2.05, 4.69) is 25.3 Å². The molecule has 2 aromatic heterocycles. The van der Waals surface area contributed by atoms with Gasteiger partial charge in [-0.15, -0.1) is 0 Å². The Hall–Kier alpha value is -4.05. The minimum Gasteiger partial charge on any atom is -0.496 e. The first-order chi connectivity index (χ1) is 16.9. The van der Waals surface area contributed by atoms with Crippen LogP contribution in [-0.2, 0) is 7.05 Å². The van der Waals surface area contributed by atoms with E-state index in [4.69, 9.17) is 10.5 Å². The smallest absolute Gasteiger partial charge is 0.274 e. The van der Waals surface area contributed by atoms with E-state index >= 15 is 0 Å². The molecule has 0 spiro atoms. The molecule has 1 amide bonds. The summed E-state index contributed by atoms with van der Waals surface area (Å²) < 4.78 is 21.6. The van der Waals surface area contributed by atoms with Crippen molar-refractivity contribution >= 4 is 28.2 Å². The number of fused-ring (bicyclic) bond motifs is 1. The van der Waals surface area contributed by atoms with Crippen LogP contribution in [0.5, 0.6) is 5.75 Å². The molecule has 4 aromatic rings. The number of aromatic nitrogens is 4. The second-order valence-electron chi connectivity index (χ2n) is 8.69. The SMILES string of the molecule is COc1cccc(F)c1-c1nccc(C(=O)Nc2cc(C)c3nn(C)cc3c2N2CC[C@@H](N)C2)n1. The Labute approximate surface area is 201 Å². The van der Waals surface area contributed by atoms with Gasteiger partial charge in [0.15, 0.2) is 5.82 Å². The van der Waals surface area contributed by atoms with Gasteiger partial charge < -0.3 is 20.7 Å². The van der Waals surface area contributed by atoms with E-state index in [0.29, 0.717) is 12.2 Å². The molecule has 180 valence electrons. The molecule has 9 nitrogen and oxygen atoms in total. The van der Waals surface area contributed by atoms with Crippen LogP contribution in [0.2, 0.25) is 0 Å². The average molecular weight is 476 g/mol. The first-order valence-corrected chi connectivity index (χ1v) is 11.3. The Morgan fingerprint density at radius 1 is 1.31 bits per heavy atom. The first-order valence-electron chi connectivity index (χ1n) is 11.3. The fourth-order valence-electron chi connectivity index (χ4n) is 4.56. The maximum Gasteiger partial charge on any atom is 0.274 e. The summed E-state index contributed by atoms with van der Waals surface area (Å²) in [5.41, 5.74) is 9.72. The van der Waals surface area contributed by atoms with Gasteiger partial charge in [0.05, 0.1) is 29.6 Å². The van der Waals surface area contributed by atoms with Crippen molar-refractivity contribution in [3.05, 3.63) is 59.8 Å². The average Bonchev–Trinajstić information content (AvgIpc) is 3.44. The number of hydrogen-bond donors (Lipinski definition) is 2. The second kappa shape index (κ2) is 8.95. The maximum atomic E-state index is 14.6. The minimum absolute atomic E-state index is 0.0618. The molecule has 2 aromatic carbocycles. The third kappa shape index (κ3) is 4.17. The van der Waals surface area contributed by atoms with Crippen molar-refractivity contribution in [3.8, 4) is 17.1 Å². The highest BCUT2D eigenvalue weighted by atomic mass is 19.1. The number of rotatable bonds is 5. The lowest BCUT2D eigenvalue weighted by Gasteiger charge is -2.23. The second-order valence-corrected chi connectivity index (χ2v) is 8.69. The van der Waals surface area contributed by atoms with Crippen LogP contribution < -0.4 is 20.7 Å². The van der Waals surface area contributed by atoms with Gasteiger partial charge in [0.1, 0.15) is 17.3 Å². The molecule has 1 atom stereocenters. The van der Waals surface area contributed by atoms with Crippen molar-refractivity contribution in [2.24, 2.45) is 12.8 Å². The van der Waals surface area contributed by atoms with Gasteiger partial charge in [-0.2, -0.15) is 5.10 Å². The van der Waals surface area contributed by atoms with Crippen LogP contribution in [0.3, 0.4) is 0 Å². The van der Waals surface area contributed by atoms with Crippen LogP contribution in [0.1, 0.15) is 22.5 Å². The van der Waals surface area contributed by atoms with Crippen molar-refractivity contribution in [2.75, 3.05) is 30.4 Å². The Bertz CT molecular complexity index is 1440. The Kier molecular flexibility index (Phi) is 5.81. The number of hydrogen-bond acceptors (Lipinski definition) is 7. The summed E-state index contributed by atoms with van der Waals surface area (Å²) in [6, 6.07) is 7.92. The summed E-state index contributed by atoms with van der Waals surface area (Å²) >= 11 is 0. The molecule has 10 heteroatoms. The first kappa shape index (κ1) is 22.7. The molecule has 1 saturated heterocycles. The van der Waals surface area contributed by atoms with Crippen molar-refractivity contribution < 1.29 is 13.9 Å². The number of nitrogens with two attached hydrogens (primary N) is 1. The fourth-order valence-corrected chi connectivity index (χ4v) is 4.56. The highest BCUT2D eigenvalue weighted by Gasteiger charge is 2.26. The molecule has 0 saturated carbocycles. The lowest BCUT2D eigenvalue weighted by molar-refractivity contribution is 0.102. The number of aryl methyl sites for hydroxylation is 2. The third-order valence-corrected chi connectivity index (χ3v) is 6.17. The van der Waals surface area contributed by atoms with Crippen molar-refractivity contribution in [3.63, 3.8) is 0 Å². The van der Waals surface area contributed by atoms with E-state index in [1.165, 1.54) is 31.5 Å². The highest BCUT2D eigenvalue weighted by Crippen LogP contribution is 2.38. The summed E-state index contributed by atoms with van der Waals surface area (Å²) in [4.78, 5) is 24.0. The molecular formula is C25H26FN7O2. The number of carbonyl (C=O) groups excluding carboxylic acids is 1. The normalized spacial score (nSPS) is 15.6. The largest absolute Gasteiger partial charge is 0.496 e. The molecule has 5 rings (SSSR count). The van der Waals surface area contributed by atoms with Gasteiger partial charge in [-0.05, 0) is 43.2 Å². The summed E-state index contributed by atoms with van der Waals surface area (Å²) in [6.07, 6.45) is 4.24. The fraction of sp³-hybridized carbons (Fsp3) is 0.280. The van der Waals surface area contributed by atoms with Gasteiger partial charge >= 0.3 is 0 Å². The van der Waals surface area contributed by atoms with E-state index < -0.39 is 11.7 Å². The zero-order valence-electron chi connectivity index (χ0n) is 19.7. The maximum absolute atomic E-state index is 14.6. The van der Waals surface area contributed by atoms with Crippen molar-refractivity contribution in [1.82, 2.24) is 19.7 Å². The van der Waals surface area contributed by atoms with E-state index in [1.54, 1.807) is 10.7 Å². The predicted molar refractivity (Wildman–Crippen MR) is 132 cm³/mol. The molecule has 0 radical (unpaired) electrons. The minimum atomic E-state index is -0.535. The number of methoxy groups -OCH3 is 1. The van der Waals surface area contributed by atoms with Crippen molar-refractivity contribution in [2.45, 2.75) is 19.4 Å². The Morgan fingerprint density at radius 2 is 2.14 bits per heavy atom. The Balaban J connectivity index is 1.54. The number of carbonyl (C=O) groups is 1. The van der Waals surface area contributed by atoms with Crippen LogP contribution >= 0.6 is 0 Å². The van der Waals surface area contributed by atoms with Crippen LogP contribution in [0, 0.1) is 12.7 Å². The van der Waals surface area contributed by atoms with E-state index in [9.17, 15) is 9.18 Å². The summed E-state index contributed by atoms with van der Waals surface area (Å²) in [7, 11) is 3.31. The number of benzene rings is 2. The van der Waals surface area contributed by atoms with E-state index in [1.807, 2.05) is 26.2 Å². The number of nitrogens with zero attached hydrogens (tertiary/aromatic N) is 5. The summed E-state index contributed by atoms with van der Waals surface area (Å²) in [5.74, 6) is -0.617. The molecule has 35 heavy (non-hydrogen) atoms. The van der Waals surface area contributed by atoms with Crippen LogP contribution in [0.4, 0.5) is 15.8 Å². The van der Waals surface area contributed by atoms with Gasteiger partial charge in [-0.3, -0.25) is 9.48 Å². The number of ether oxygens (including phenoxy) is 1. The third-order valence-electron chi connectivity index (χ3n) is 6.17. The number of amides is 1. The van der Waals surface area contributed by atoms with Gasteiger partial charge in [-0.25, -0.2) is 14.4 Å². The topological polar surface area (TPSA) is 111 Å². The van der Waals surface area contributed by atoms with Gasteiger partial charge in [-0.1, -0.05) is 6.07 Å². The summed E-state index contributed by atoms with van der Waals surface area (Å²) in [6.45, 7) is 3.42. The zero-order valence-corrected chi connectivity index (χ0v) is 19.7. The number of anilines is 2. The molecule has 1 fully saturated rings. The lowest BCUT2D eigenvalue weighted by atomic mass is 10.1. The molecule has 3 heterocycles. The molecule has 0 aliphatic carbocycles. The summed E-state index contributed by atoms with van der Waals surface area (Å²) in [5, 5.41) is 8.54.